The van der Waals surface area contributed by atoms with Crippen LogP contribution in [0.15, 0.2) is 28.7 Å². The molecule has 0 spiro atoms. The fourth-order valence-corrected chi connectivity index (χ4v) is 2.99. The Morgan fingerprint density at radius 1 is 1.24 bits per heavy atom. The molecule has 0 aliphatic heterocycles. The van der Waals surface area contributed by atoms with Gasteiger partial charge in [0.1, 0.15) is 0 Å². The van der Waals surface area contributed by atoms with Gasteiger partial charge < -0.3 is 16.0 Å². The number of nitrogens with zero attached hydrogens (tertiary/aromatic N) is 1. The molecule has 0 unspecified atom stereocenters. The molecule has 0 aromatic heterocycles. The van der Waals surface area contributed by atoms with Crippen LogP contribution < -0.4 is 11.1 Å². The van der Waals surface area contributed by atoms with Crippen LogP contribution in [0.5, 0.6) is 0 Å². The lowest BCUT2D eigenvalue weighted by molar-refractivity contribution is -0.132. The number of carbonyl (C=O) groups is 2. The van der Waals surface area contributed by atoms with Crippen molar-refractivity contribution >= 4 is 40.2 Å². The Morgan fingerprint density at radius 3 is 2.36 bits per heavy atom. The SMILES string of the molecule is CCC(CC)(CN)C(=O)NCCC(=O)N(C)Cc1ccccc1Br.Cl. The quantitative estimate of drug-likeness (QED) is 0.627. The van der Waals surface area contributed by atoms with Crippen LogP contribution in [0.1, 0.15) is 38.7 Å². The summed E-state index contributed by atoms with van der Waals surface area (Å²) in [5, 5.41) is 2.86. The maximum absolute atomic E-state index is 12.3. The molecule has 142 valence electrons. The standard InChI is InChI=1S/C18H28BrN3O2.ClH/c1-4-18(5-2,13-20)17(24)21-11-10-16(23)22(3)12-14-8-6-7-9-15(14)19;/h6-9H,4-5,10-13,20H2,1-3H3,(H,21,24);1H. The van der Waals surface area contributed by atoms with Crippen molar-refractivity contribution in [2.24, 2.45) is 11.1 Å². The zero-order valence-corrected chi connectivity index (χ0v) is 17.6. The summed E-state index contributed by atoms with van der Waals surface area (Å²) in [5.74, 6) is -0.0614. The summed E-state index contributed by atoms with van der Waals surface area (Å²) in [6.45, 7) is 5.12. The highest BCUT2D eigenvalue weighted by Gasteiger charge is 2.32. The van der Waals surface area contributed by atoms with Gasteiger partial charge in [0, 0.05) is 37.6 Å². The molecule has 0 aliphatic rings. The van der Waals surface area contributed by atoms with E-state index in [9.17, 15) is 9.59 Å². The highest BCUT2D eigenvalue weighted by molar-refractivity contribution is 9.10. The molecule has 0 saturated heterocycles. The van der Waals surface area contributed by atoms with Gasteiger partial charge in [0.25, 0.3) is 0 Å². The van der Waals surface area contributed by atoms with Gasteiger partial charge in [-0.15, -0.1) is 12.4 Å². The molecule has 2 amide bonds. The number of nitrogens with one attached hydrogen (secondary N) is 1. The van der Waals surface area contributed by atoms with Gasteiger partial charge in [-0.2, -0.15) is 0 Å². The first kappa shape index (κ1) is 23.9. The minimum atomic E-state index is -0.524. The Morgan fingerprint density at radius 2 is 1.84 bits per heavy atom. The molecule has 0 aliphatic carbocycles. The molecule has 1 rings (SSSR count). The first-order valence-corrected chi connectivity index (χ1v) is 9.15. The average molecular weight is 435 g/mol. The van der Waals surface area contributed by atoms with Gasteiger partial charge >= 0.3 is 0 Å². The molecule has 0 bridgehead atoms. The summed E-state index contributed by atoms with van der Waals surface area (Å²) in [5.41, 5.74) is 6.30. The van der Waals surface area contributed by atoms with E-state index in [1.807, 2.05) is 38.1 Å². The third-order valence-corrected chi connectivity index (χ3v) is 5.42. The summed E-state index contributed by atoms with van der Waals surface area (Å²) in [4.78, 5) is 26.2. The molecule has 1 aromatic rings. The van der Waals surface area contributed by atoms with Gasteiger partial charge in [-0.05, 0) is 24.5 Å². The van der Waals surface area contributed by atoms with Crippen LogP contribution in [-0.4, -0.2) is 36.9 Å². The predicted molar refractivity (Wildman–Crippen MR) is 108 cm³/mol. The average Bonchev–Trinajstić information content (AvgIpc) is 2.59. The smallest absolute Gasteiger partial charge is 0.227 e. The third-order valence-electron chi connectivity index (χ3n) is 4.64. The maximum atomic E-state index is 12.3. The third kappa shape index (κ3) is 6.60. The molecular formula is C18H29BrClN3O2. The number of benzene rings is 1. The molecule has 5 nitrogen and oxygen atoms in total. The normalized spacial score (nSPS) is 10.8. The topological polar surface area (TPSA) is 75.4 Å². The minimum absolute atomic E-state index is 0. The minimum Gasteiger partial charge on any atom is -0.355 e. The summed E-state index contributed by atoms with van der Waals surface area (Å²) in [6.07, 6.45) is 1.67. The lowest BCUT2D eigenvalue weighted by atomic mass is 9.81. The van der Waals surface area contributed by atoms with Crippen LogP contribution in [0.3, 0.4) is 0 Å². The molecule has 25 heavy (non-hydrogen) atoms. The van der Waals surface area contributed by atoms with Crippen molar-refractivity contribution in [3.8, 4) is 0 Å². The van der Waals surface area contributed by atoms with E-state index < -0.39 is 5.41 Å². The van der Waals surface area contributed by atoms with Crippen molar-refractivity contribution < 1.29 is 9.59 Å². The van der Waals surface area contributed by atoms with Gasteiger partial charge in [-0.25, -0.2) is 0 Å². The van der Waals surface area contributed by atoms with Crippen molar-refractivity contribution in [3.63, 3.8) is 0 Å². The predicted octanol–water partition coefficient (Wildman–Crippen LogP) is 3.10. The number of hydrogen-bond donors (Lipinski definition) is 2. The summed E-state index contributed by atoms with van der Waals surface area (Å²) >= 11 is 3.48. The molecule has 0 fully saturated rings. The number of carbonyl (C=O) groups excluding carboxylic acids is 2. The molecule has 7 heteroatoms. The van der Waals surface area contributed by atoms with Crippen LogP contribution in [0.25, 0.3) is 0 Å². The zero-order valence-electron chi connectivity index (χ0n) is 15.2. The second-order valence-corrected chi connectivity index (χ2v) is 6.89. The molecule has 0 atom stereocenters. The van der Waals surface area contributed by atoms with Crippen molar-refractivity contribution in [2.75, 3.05) is 20.1 Å². The Labute approximate surface area is 165 Å². The van der Waals surface area contributed by atoms with Crippen LogP contribution in [0.2, 0.25) is 0 Å². The lowest BCUT2D eigenvalue weighted by Gasteiger charge is -2.28. The van der Waals surface area contributed by atoms with E-state index in [0.29, 0.717) is 32.5 Å². The van der Waals surface area contributed by atoms with E-state index in [4.69, 9.17) is 5.73 Å². The number of halogens is 2. The van der Waals surface area contributed by atoms with Crippen LogP contribution in [-0.2, 0) is 16.1 Å². The van der Waals surface area contributed by atoms with Crippen molar-refractivity contribution in [1.29, 1.82) is 0 Å². The first-order chi connectivity index (χ1) is 11.4. The van der Waals surface area contributed by atoms with Crippen LogP contribution >= 0.6 is 28.3 Å². The summed E-state index contributed by atoms with van der Waals surface area (Å²) < 4.78 is 0.983. The Balaban J connectivity index is 0.00000576. The van der Waals surface area contributed by atoms with E-state index in [-0.39, 0.29) is 30.6 Å². The largest absolute Gasteiger partial charge is 0.355 e. The second-order valence-electron chi connectivity index (χ2n) is 6.04. The number of amides is 2. The van der Waals surface area contributed by atoms with Crippen LogP contribution in [0.4, 0.5) is 0 Å². The second kappa shape index (κ2) is 11.5. The van der Waals surface area contributed by atoms with E-state index in [1.54, 1.807) is 11.9 Å². The van der Waals surface area contributed by atoms with Crippen molar-refractivity contribution in [2.45, 2.75) is 39.7 Å². The van der Waals surface area contributed by atoms with Crippen LogP contribution in [0, 0.1) is 5.41 Å². The Bertz CT molecular complexity index is 557. The maximum Gasteiger partial charge on any atom is 0.227 e. The Kier molecular flexibility index (Phi) is 11.0. The molecule has 3 N–H and O–H groups in total. The molecule has 0 saturated carbocycles. The highest BCUT2D eigenvalue weighted by atomic mass is 79.9. The van der Waals surface area contributed by atoms with Gasteiger partial charge in [0.2, 0.25) is 11.8 Å². The van der Waals surface area contributed by atoms with E-state index in [0.717, 1.165) is 10.0 Å². The molecular weight excluding hydrogens is 406 g/mol. The van der Waals surface area contributed by atoms with Gasteiger partial charge in [0.05, 0.1) is 5.41 Å². The Hall–Kier alpha value is -1.11. The fourth-order valence-electron chi connectivity index (χ4n) is 2.58. The van der Waals surface area contributed by atoms with Gasteiger partial charge in [-0.3, -0.25) is 9.59 Å². The van der Waals surface area contributed by atoms with Gasteiger partial charge in [-0.1, -0.05) is 48.0 Å². The molecule has 1 aromatic carbocycles. The molecule has 0 radical (unpaired) electrons. The molecule has 0 heterocycles. The highest BCUT2D eigenvalue weighted by Crippen LogP contribution is 2.24. The van der Waals surface area contributed by atoms with E-state index in [1.165, 1.54) is 0 Å². The van der Waals surface area contributed by atoms with E-state index >= 15 is 0 Å². The zero-order chi connectivity index (χ0) is 18.2. The number of nitrogens with two attached hydrogens (primary N) is 1. The summed E-state index contributed by atoms with van der Waals surface area (Å²) in [6, 6.07) is 7.82. The number of hydrogen-bond acceptors (Lipinski definition) is 3. The monoisotopic (exact) mass is 433 g/mol. The first-order valence-electron chi connectivity index (χ1n) is 8.36. The summed E-state index contributed by atoms with van der Waals surface area (Å²) in [7, 11) is 1.77. The number of rotatable bonds is 9. The fraction of sp³-hybridized carbons (Fsp3) is 0.556. The lowest BCUT2D eigenvalue weighted by Crippen LogP contribution is -2.46. The van der Waals surface area contributed by atoms with Crippen molar-refractivity contribution in [1.82, 2.24) is 10.2 Å². The van der Waals surface area contributed by atoms with E-state index in [2.05, 4.69) is 21.2 Å². The van der Waals surface area contributed by atoms with Crippen molar-refractivity contribution in [3.05, 3.63) is 34.3 Å². The van der Waals surface area contributed by atoms with Gasteiger partial charge in [0.15, 0.2) is 0 Å².